The zero-order valence-electron chi connectivity index (χ0n) is 9.57. The highest BCUT2D eigenvalue weighted by Crippen LogP contribution is 2.36. The van der Waals surface area contributed by atoms with Crippen molar-refractivity contribution in [2.45, 2.75) is 37.4 Å². The van der Waals surface area contributed by atoms with Crippen LogP contribution in [0.1, 0.15) is 31.0 Å². The Morgan fingerprint density at radius 2 is 2.18 bits per heavy atom. The molecule has 1 aliphatic carbocycles. The Morgan fingerprint density at radius 3 is 2.94 bits per heavy atom. The molecule has 17 heavy (non-hydrogen) atoms. The first kappa shape index (κ1) is 11.4. The molecule has 4 unspecified atom stereocenters. The number of pyridine rings is 1. The van der Waals surface area contributed by atoms with Crippen LogP contribution in [0.3, 0.4) is 0 Å². The Labute approximate surface area is 106 Å². The van der Waals surface area contributed by atoms with Gasteiger partial charge in [0.2, 0.25) is 0 Å². The second-order valence-electron chi connectivity index (χ2n) is 5.01. The first-order valence-corrected chi connectivity index (χ1v) is 6.50. The molecular weight excluding hydrogens is 236 g/mol. The van der Waals surface area contributed by atoms with Crippen molar-refractivity contribution in [3.63, 3.8) is 0 Å². The molecule has 5 heteroatoms. The van der Waals surface area contributed by atoms with Crippen molar-refractivity contribution >= 4 is 11.6 Å². The molecule has 0 bridgehead atoms. The SMILES string of the molecule is NC1CCC2NNC(c3ccc(Cl)cn3)C2C1. The number of nitrogens with two attached hydrogens (primary N) is 1. The van der Waals surface area contributed by atoms with Crippen LogP contribution in [0.2, 0.25) is 5.02 Å². The van der Waals surface area contributed by atoms with Crippen molar-refractivity contribution < 1.29 is 0 Å². The van der Waals surface area contributed by atoms with E-state index in [0.29, 0.717) is 23.0 Å². The third-order valence-corrected chi connectivity index (χ3v) is 4.09. The summed E-state index contributed by atoms with van der Waals surface area (Å²) in [6.07, 6.45) is 5.01. The summed E-state index contributed by atoms with van der Waals surface area (Å²) in [5.41, 5.74) is 13.8. The highest BCUT2D eigenvalue weighted by Gasteiger charge is 2.40. The number of hydrazine groups is 1. The van der Waals surface area contributed by atoms with Gasteiger partial charge in [-0.1, -0.05) is 11.6 Å². The second kappa shape index (κ2) is 4.53. The smallest absolute Gasteiger partial charge is 0.0678 e. The molecule has 0 amide bonds. The van der Waals surface area contributed by atoms with Gasteiger partial charge in [-0.2, -0.15) is 0 Å². The summed E-state index contributed by atoms with van der Waals surface area (Å²) in [5.74, 6) is 0.535. The minimum atomic E-state index is 0.253. The fourth-order valence-electron chi connectivity index (χ4n) is 2.96. The zero-order valence-corrected chi connectivity index (χ0v) is 10.3. The Bertz CT molecular complexity index is 394. The van der Waals surface area contributed by atoms with Crippen LogP contribution < -0.4 is 16.6 Å². The number of fused-ring (bicyclic) bond motifs is 1. The lowest BCUT2D eigenvalue weighted by Crippen LogP contribution is -2.39. The van der Waals surface area contributed by atoms with Gasteiger partial charge in [0.1, 0.15) is 0 Å². The molecule has 92 valence electrons. The maximum Gasteiger partial charge on any atom is 0.0678 e. The molecule has 1 saturated heterocycles. The summed E-state index contributed by atoms with van der Waals surface area (Å²) < 4.78 is 0. The number of rotatable bonds is 1. The van der Waals surface area contributed by atoms with Crippen molar-refractivity contribution in [2.24, 2.45) is 11.7 Å². The number of aromatic nitrogens is 1. The summed E-state index contributed by atoms with van der Waals surface area (Å²) >= 11 is 5.86. The van der Waals surface area contributed by atoms with Gasteiger partial charge in [0.05, 0.1) is 16.8 Å². The maximum atomic E-state index is 6.06. The maximum absolute atomic E-state index is 6.06. The number of halogens is 1. The standard InChI is InChI=1S/C12H17ClN4/c13-7-1-3-11(15-6-7)12-9-5-8(14)2-4-10(9)16-17-12/h1,3,6,8-10,12,16-17H,2,4-5,14H2. The van der Waals surface area contributed by atoms with Gasteiger partial charge in [0, 0.05) is 18.3 Å². The van der Waals surface area contributed by atoms with Crippen LogP contribution in [0, 0.1) is 5.92 Å². The van der Waals surface area contributed by atoms with Crippen LogP contribution in [-0.2, 0) is 0 Å². The average Bonchev–Trinajstić information content (AvgIpc) is 2.73. The normalized spacial score (nSPS) is 36.8. The van der Waals surface area contributed by atoms with Gasteiger partial charge in [-0.3, -0.25) is 10.4 Å². The lowest BCUT2D eigenvalue weighted by atomic mass is 9.78. The Hall–Kier alpha value is -0.680. The van der Waals surface area contributed by atoms with Gasteiger partial charge < -0.3 is 5.73 Å². The Morgan fingerprint density at radius 1 is 1.29 bits per heavy atom. The average molecular weight is 253 g/mol. The first-order chi connectivity index (χ1) is 8.24. The van der Waals surface area contributed by atoms with E-state index in [1.807, 2.05) is 12.1 Å². The fraction of sp³-hybridized carbons (Fsp3) is 0.583. The van der Waals surface area contributed by atoms with E-state index in [9.17, 15) is 0 Å². The van der Waals surface area contributed by atoms with E-state index in [-0.39, 0.29) is 6.04 Å². The molecule has 2 aliphatic rings. The summed E-state index contributed by atoms with van der Waals surface area (Å²) in [4.78, 5) is 4.40. The molecule has 4 atom stereocenters. The number of hydrogen-bond acceptors (Lipinski definition) is 4. The van der Waals surface area contributed by atoms with Crippen molar-refractivity contribution in [1.82, 2.24) is 15.8 Å². The fourth-order valence-corrected chi connectivity index (χ4v) is 3.07. The van der Waals surface area contributed by atoms with Crippen molar-refractivity contribution in [3.8, 4) is 0 Å². The van der Waals surface area contributed by atoms with Crippen molar-refractivity contribution in [2.75, 3.05) is 0 Å². The van der Waals surface area contributed by atoms with Crippen molar-refractivity contribution in [3.05, 3.63) is 29.0 Å². The molecule has 0 spiro atoms. The molecule has 1 aromatic rings. The van der Waals surface area contributed by atoms with Gasteiger partial charge in [-0.05, 0) is 37.3 Å². The molecule has 2 heterocycles. The first-order valence-electron chi connectivity index (χ1n) is 6.12. The monoisotopic (exact) mass is 252 g/mol. The Balaban J connectivity index is 1.81. The molecule has 4 N–H and O–H groups in total. The number of nitrogens with zero attached hydrogens (tertiary/aromatic N) is 1. The van der Waals surface area contributed by atoms with Gasteiger partial charge in [-0.15, -0.1) is 0 Å². The van der Waals surface area contributed by atoms with Crippen LogP contribution in [0.4, 0.5) is 0 Å². The summed E-state index contributed by atoms with van der Waals surface area (Å²) in [6, 6.07) is 4.99. The minimum absolute atomic E-state index is 0.253. The number of nitrogens with one attached hydrogen (secondary N) is 2. The predicted octanol–water partition coefficient (Wildman–Crippen LogP) is 1.38. The van der Waals surface area contributed by atoms with Gasteiger partial charge in [-0.25, -0.2) is 5.43 Å². The third-order valence-electron chi connectivity index (χ3n) is 3.86. The van der Waals surface area contributed by atoms with Gasteiger partial charge >= 0.3 is 0 Å². The van der Waals surface area contributed by atoms with Crippen molar-refractivity contribution in [1.29, 1.82) is 0 Å². The topological polar surface area (TPSA) is 63.0 Å². The quantitative estimate of drug-likeness (QED) is 0.707. The summed E-state index contributed by atoms with van der Waals surface area (Å²) in [5, 5.41) is 0.677. The van der Waals surface area contributed by atoms with Crippen LogP contribution in [0.5, 0.6) is 0 Å². The molecular formula is C12H17ClN4. The third kappa shape index (κ3) is 2.18. The molecule has 1 aromatic heterocycles. The zero-order chi connectivity index (χ0) is 11.8. The molecule has 1 aliphatic heterocycles. The van der Waals surface area contributed by atoms with E-state index < -0.39 is 0 Å². The van der Waals surface area contributed by atoms with Crippen LogP contribution in [0.25, 0.3) is 0 Å². The highest BCUT2D eigenvalue weighted by atomic mass is 35.5. The van der Waals surface area contributed by atoms with E-state index in [1.54, 1.807) is 6.20 Å². The largest absolute Gasteiger partial charge is 0.328 e. The van der Waals surface area contributed by atoms with Gasteiger partial charge in [0.25, 0.3) is 0 Å². The highest BCUT2D eigenvalue weighted by molar-refractivity contribution is 6.30. The predicted molar refractivity (Wildman–Crippen MR) is 67.4 cm³/mol. The van der Waals surface area contributed by atoms with Crippen LogP contribution in [0.15, 0.2) is 18.3 Å². The molecule has 0 radical (unpaired) electrons. The molecule has 2 fully saturated rings. The van der Waals surface area contributed by atoms with E-state index in [4.69, 9.17) is 17.3 Å². The molecule has 4 nitrogen and oxygen atoms in total. The van der Waals surface area contributed by atoms with E-state index in [0.717, 1.165) is 25.0 Å². The minimum Gasteiger partial charge on any atom is -0.328 e. The van der Waals surface area contributed by atoms with E-state index in [2.05, 4.69) is 15.8 Å². The molecule has 0 aromatic carbocycles. The van der Waals surface area contributed by atoms with Crippen LogP contribution in [-0.4, -0.2) is 17.1 Å². The Kier molecular flexibility index (Phi) is 3.04. The summed E-state index contributed by atoms with van der Waals surface area (Å²) in [7, 11) is 0. The van der Waals surface area contributed by atoms with Gasteiger partial charge in [0.15, 0.2) is 0 Å². The lowest BCUT2D eigenvalue weighted by Gasteiger charge is -2.30. The number of hydrogen-bond donors (Lipinski definition) is 3. The molecule has 1 saturated carbocycles. The summed E-state index contributed by atoms with van der Waals surface area (Å²) in [6.45, 7) is 0. The van der Waals surface area contributed by atoms with E-state index in [1.165, 1.54) is 0 Å². The van der Waals surface area contributed by atoms with E-state index >= 15 is 0 Å². The second-order valence-corrected chi connectivity index (χ2v) is 5.45. The molecule has 3 rings (SSSR count). The van der Waals surface area contributed by atoms with Crippen LogP contribution >= 0.6 is 11.6 Å². The lowest BCUT2D eigenvalue weighted by molar-refractivity contribution is 0.277.